The van der Waals surface area contributed by atoms with E-state index in [4.69, 9.17) is 5.73 Å². The molecule has 0 aliphatic heterocycles. The fourth-order valence-electron chi connectivity index (χ4n) is 1.76. The van der Waals surface area contributed by atoms with E-state index in [9.17, 15) is 14.3 Å². The predicted octanol–water partition coefficient (Wildman–Crippen LogP) is 2.61. The van der Waals surface area contributed by atoms with Crippen LogP contribution < -0.4 is 5.73 Å². The second-order valence-corrected chi connectivity index (χ2v) is 4.08. The first-order valence-corrected chi connectivity index (χ1v) is 5.38. The van der Waals surface area contributed by atoms with Crippen molar-refractivity contribution in [1.29, 1.82) is 0 Å². The highest BCUT2D eigenvalue weighted by Crippen LogP contribution is 2.28. The van der Waals surface area contributed by atoms with Gasteiger partial charge in [0.2, 0.25) is 0 Å². The highest BCUT2D eigenvalue weighted by atomic mass is 19.1. The van der Waals surface area contributed by atoms with Gasteiger partial charge in [-0.25, -0.2) is 4.39 Å². The lowest BCUT2D eigenvalue weighted by atomic mass is 10.00. The molecule has 0 aliphatic rings. The molecule has 0 heterocycles. The van der Waals surface area contributed by atoms with E-state index in [-0.39, 0.29) is 17.1 Å². The number of amides is 1. The van der Waals surface area contributed by atoms with Gasteiger partial charge in [-0.3, -0.25) is 4.79 Å². The largest absolute Gasteiger partial charge is 0.507 e. The van der Waals surface area contributed by atoms with Crippen LogP contribution in [0.5, 0.6) is 5.75 Å². The first-order valence-electron chi connectivity index (χ1n) is 5.38. The van der Waals surface area contributed by atoms with Crippen molar-refractivity contribution in [2.75, 3.05) is 0 Å². The van der Waals surface area contributed by atoms with Crippen LogP contribution >= 0.6 is 0 Å². The summed E-state index contributed by atoms with van der Waals surface area (Å²) in [5.41, 5.74) is 6.89. The van der Waals surface area contributed by atoms with E-state index in [1.807, 2.05) is 6.92 Å². The van der Waals surface area contributed by atoms with Gasteiger partial charge in [0.15, 0.2) is 0 Å². The van der Waals surface area contributed by atoms with Gasteiger partial charge in [0.1, 0.15) is 11.6 Å². The van der Waals surface area contributed by atoms with Crippen LogP contribution in [0.2, 0.25) is 0 Å². The molecule has 0 radical (unpaired) electrons. The van der Waals surface area contributed by atoms with Crippen LogP contribution in [0.1, 0.15) is 15.9 Å². The van der Waals surface area contributed by atoms with Crippen molar-refractivity contribution in [3.8, 4) is 16.9 Å². The van der Waals surface area contributed by atoms with Crippen molar-refractivity contribution >= 4 is 5.91 Å². The summed E-state index contributed by atoms with van der Waals surface area (Å²) in [5.74, 6) is -1.34. The van der Waals surface area contributed by atoms with Crippen LogP contribution in [0, 0.1) is 12.7 Å². The summed E-state index contributed by atoms with van der Waals surface area (Å²) in [5, 5.41) is 9.48. The zero-order valence-electron chi connectivity index (χ0n) is 9.77. The quantitative estimate of drug-likeness (QED) is 0.854. The molecule has 0 atom stereocenters. The Morgan fingerprint density at radius 3 is 2.61 bits per heavy atom. The molecule has 3 nitrogen and oxygen atoms in total. The lowest BCUT2D eigenvalue weighted by Crippen LogP contribution is -2.11. The molecular weight excluding hydrogens is 233 g/mol. The van der Waals surface area contributed by atoms with Gasteiger partial charge in [0.05, 0.1) is 5.56 Å². The lowest BCUT2D eigenvalue weighted by molar-refractivity contribution is 0.0998. The predicted molar refractivity (Wildman–Crippen MR) is 66.8 cm³/mol. The van der Waals surface area contributed by atoms with Gasteiger partial charge in [-0.05, 0) is 36.8 Å². The van der Waals surface area contributed by atoms with E-state index in [2.05, 4.69) is 0 Å². The van der Waals surface area contributed by atoms with Crippen LogP contribution in [-0.4, -0.2) is 11.0 Å². The maximum Gasteiger partial charge on any atom is 0.252 e. The minimum atomic E-state index is -0.748. The third-order valence-electron chi connectivity index (χ3n) is 2.69. The standard InChI is InChI=1S/C14H12FNO2/c1-8-2-4-12(15)10(6-8)9-3-5-13(17)11(7-9)14(16)18/h2-7,17H,1H3,(H2,16,18). The molecule has 0 saturated heterocycles. The van der Waals surface area contributed by atoms with Gasteiger partial charge in [0.25, 0.3) is 5.91 Å². The Kier molecular flexibility index (Phi) is 3.02. The molecule has 2 aromatic rings. The number of halogens is 1. The fraction of sp³-hybridized carbons (Fsp3) is 0.0714. The summed E-state index contributed by atoms with van der Waals surface area (Å²) >= 11 is 0. The van der Waals surface area contributed by atoms with Crippen molar-refractivity contribution in [2.24, 2.45) is 5.73 Å². The minimum absolute atomic E-state index is 0.0200. The molecule has 1 amide bonds. The number of hydrogen-bond donors (Lipinski definition) is 2. The molecule has 0 saturated carbocycles. The Bertz CT molecular complexity index is 623. The van der Waals surface area contributed by atoms with Crippen molar-refractivity contribution in [3.05, 3.63) is 53.3 Å². The average Bonchev–Trinajstić information content (AvgIpc) is 2.33. The Morgan fingerprint density at radius 1 is 1.22 bits per heavy atom. The van der Waals surface area contributed by atoms with Gasteiger partial charge in [-0.15, -0.1) is 0 Å². The van der Waals surface area contributed by atoms with Crippen LogP contribution in [-0.2, 0) is 0 Å². The third kappa shape index (κ3) is 2.18. The molecular formula is C14H12FNO2. The number of nitrogens with two attached hydrogens (primary N) is 1. The van der Waals surface area contributed by atoms with E-state index in [0.29, 0.717) is 11.1 Å². The highest BCUT2D eigenvalue weighted by molar-refractivity contribution is 5.96. The number of rotatable bonds is 2. The molecule has 0 fully saturated rings. The second-order valence-electron chi connectivity index (χ2n) is 4.08. The van der Waals surface area contributed by atoms with Crippen molar-refractivity contribution < 1.29 is 14.3 Å². The summed E-state index contributed by atoms with van der Waals surface area (Å²) in [6, 6.07) is 8.95. The van der Waals surface area contributed by atoms with E-state index in [1.54, 1.807) is 18.2 Å². The van der Waals surface area contributed by atoms with Crippen LogP contribution in [0.15, 0.2) is 36.4 Å². The zero-order chi connectivity index (χ0) is 13.3. The SMILES string of the molecule is Cc1ccc(F)c(-c2ccc(O)c(C(N)=O)c2)c1. The van der Waals surface area contributed by atoms with Gasteiger partial charge >= 0.3 is 0 Å². The molecule has 0 bridgehead atoms. The molecule has 92 valence electrons. The first kappa shape index (κ1) is 12.1. The lowest BCUT2D eigenvalue weighted by Gasteiger charge is -2.07. The molecule has 18 heavy (non-hydrogen) atoms. The molecule has 2 rings (SSSR count). The molecule has 0 unspecified atom stereocenters. The van der Waals surface area contributed by atoms with Crippen LogP contribution in [0.3, 0.4) is 0 Å². The number of primary amides is 1. The monoisotopic (exact) mass is 245 g/mol. The zero-order valence-corrected chi connectivity index (χ0v) is 9.77. The molecule has 3 N–H and O–H groups in total. The minimum Gasteiger partial charge on any atom is -0.507 e. The number of carbonyl (C=O) groups excluding carboxylic acids is 1. The second kappa shape index (κ2) is 4.49. The highest BCUT2D eigenvalue weighted by Gasteiger charge is 2.11. The molecule has 0 aliphatic carbocycles. The maximum absolute atomic E-state index is 13.7. The molecule has 2 aromatic carbocycles. The van der Waals surface area contributed by atoms with Crippen LogP contribution in [0.4, 0.5) is 4.39 Å². The van der Waals surface area contributed by atoms with E-state index in [0.717, 1.165) is 5.56 Å². The Labute approximate surface area is 104 Å². The summed E-state index contributed by atoms with van der Waals surface area (Å²) in [6.07, 6.45) is 0. The number of aryl methyl sites for hydroxylation is 1. The van der Waals surface area contributed by atoms with E-state index >= 15 is 0 Å². The topological polar surface area (TPSA) is 63.3 Å². The maximum atomic E-state index is 13.7. The number of phenols is 1. The van der Waals surface area contributed by atoms with Gasteiger partial charge in [0, 0.05) is 5.56 Å². The van der Waals surface area contributed by atoms with Crippen LogP contribution in [0.25, 0.3) is 11.1 Å². The Morgan fingerprint density at radius 2 is 1.94 bits per heavy atom. The van der Waals surface area contributed by atoms with Crippen molar-refractivity contribution in [1.82, 2.24) is 0 Å². The Hall–Kier alpha value is -2.36. The Balaban J connectivity index is 2.61. The van der Waals surface area contributed by atoms with Crippen molar-refractivity contribution in [2.45, 2.75) is 6.92 Å². The number of carbonyl (C=O) groups is 1. The fourth-order valence-corrected chi connectivity index (χ4v) is 1.76. The summed E-state index contributed by atoms with van der Waals surface area (Å²) < 4.78 is 13.7. The number of benzene rings is 2. The average molecular weight is 245 g/mol. The molecule has 4 heteroatoms. The first-order chi connectivity index (χ1) is 8.49. The smallest absolute Gasteiger partial charge is 0.252 e. The third-order valence-corrected chi connectivity index (χ3v) is 2.69. The van der Waals surface area contributed by atoms with E-state index in [1.165, 1.54) is 18.2 Å². The number of aromatic hydroxyl groups is 1. The number of hydrogen-bond acceptors (Lipinski definition) is 2. The van der Waals surface area contributed by atoms with Gasteiger partial charge < -0.3 is 10.8 Å². The van der Waals surface area contributed by atoms with Gasteiger partial charge in [-0.1, -0.05) is 17.7 Å². The van der Waals surface area contributed by atoms with Gasteiger partial charge in [-0.2, -0.15) is 0 Å². The summed E-state index contributed by atoms with van der Waals surface area (Å²) in [7, 11) is 0. The van der Waals surface area contributed by atoms with E-state index < -0.39 is 5.91 Å². The molecule has 0 aromatic heterocycles. The van der Waals surface area contributed by atoms with Crippen molar-refractivity contribution in [3.63, 3.8) is 0 Å². The summed E-state index contributed by atoms with van der Waals surface area (Å²) in [4.78, 5) is 11.1. The normalized spacial score (nSPS) is 10.3. The summed E-state index contributed by atoms with van der Waals surface area (Å²) in [6.45, 7) is 1.85. The molecule has 0 spiro atoms.